The monoisotopic (exact) mass is 257 g/mol. The number of hydrogen-bond acceptors (Lipinski definition) is 1. The molecule has 1 aromatic heterocycles. The average molecular weight is 257 g/mol. The van der Waals surface area contributed by atoms with Crippen molar-refractivity contribution >= 4 is 10.9 Å². The molecule has 2 aromatic rings. The first kappa shape index (κ1) is 12.7. The third-order valence-corrected chi connectivity index (χ3v) is 4.68. The molecule has 0 spiro atoms. The number of nitrogens with one attached hydrogen (secondary N) is 1. The van der Waals surface area contributed by atoms with E-state index >= 15 is 0 Å². The van der Waals surface area contributed by atoms with Gasteiger partial charge in [-0.2, -0.15) is 0 Å². The Bertz CT molecular complexity index is 584. The summed E-state index contributed by atoms with van der Waals surface area (Å²) in [4.78, 5) is 3.49. The van der Waals surface area contributed by atoms with Crippen molar-refractivity contribution in [3.05, 3.63) is 35.0 Å². The lowest BCUT2D eigenvalue weighted by molar-refractivity contribution is 0.133. The molecule has 1 fully saturated rings. The van der Waals surface area contributed by atoms with Gasteiger partial charge in [0.25, 0.3) is 0 Å². The summed E-state index contributed by atoms with van der Waals surface area (Å²) >= 11 is 0. The fraction of sp³-hybridized carbons (Fsp3) is 0.529. The van der Waals surface area contributed by atoms with E-state index in [0.29, 0.717) is 5.92 Å². The van der Waals surface area contributed by atoms with Gasteiger partial charge in [0, 0.05) is 16.6 Å². The van der Waals surface area contributed by atoms with Gasteiger partial charge < -0.3 is 10.1 Å². The van der Waals surface area contributed by atoms with Crippen LogP contribution in [0.3, 0.4) is 0 Å². The van der Waals surface area contributed by atoms with E-state index in [1.807, 2.05) is 0 Å². The fourth-order valence-electron chi connectivity index (χ4n) is 3.43. The Balaban J connectivity index is 1.99. The third kappa shape index (κ3) is 2.30. The van der Waals surface area contributed by atoms with Crippen molar-refractivity contribution < 1.29 is 5.11 Å². The number of aliphatic hydroxyl groups excluding tert-OH is 1. The molecule has 2 nitrogen and oxygen atoms in total. The van der Waals surface area contributed by atoms with E-state index in [-0.39, 0.29) is 6.10 Å². The molecule has 102 valence electrons. The molecule has 2 unspecified atom stereocenters. The molecule has 1 saturated carbocycles. The van der Waals surface area contributed by atoms with Crippen LogP contribution in [0.1, 0.15) is 43.0 Å². The molecule has 2 N–H and O–H groups in total. The Morgan fingerprint density at radius 3 is 2.84 bits per heavy atom. The van der Waals surface area contributed by atoms with Crippen LogP contribution in [-0.2, 0) is 12.8 Å². The minimum absolute atomic E-state index is 0.0984. The van der Waals surface area contributed by atoms with E-state index in [2.05, 4.69) is 37.0 Å². The molecule has 19 heavy (non-hydrogen) atoms. The number of fused-ring (bicyclic) bond motifs is 1. The van der Waals surface area contributed by atoms with Crippen LogP contribution in [0.15, 0.2) is 18.2 Å². The van der Waals surface area contributed by atoms with Crippen LogP contribution < -0.4 is 0 Å². The summed E-state index contributed by atoms with van der Waals surface area (Å²) in [6.45, 7) is 4.35. The van der Waals surface area contributed by atoms with Gasteiger partial charge in [-0.05, 0) is 61.8 Å². The number of aromatic nitrogens is 1. The van der Waals surface area contributed by atoms with Crippen molar-refractivity contribution in [1.82, 2.24) is 4.98 Å². The molecule has 0 amide bonds. The van der Waals surface area contributed by atoms with Crippen LogP contribution in [0.4, 0.5) is 0 Å². The first-order chi connectivity index (χ1) is 9.19. The molecule has 0 aliphatic heterocycles. The number of rotatable bonds is 3. The van der Waals surface area contributed by atoms with Gasteiger partial charge in [-0.15, -0.1) is 0 Å². The lowest BCUT2D eigenvalue weighted by Gasteiger charge is -2.14. The average Bonchev–Trinajstić information content (AvgIpc) is 2.94. The van der Waals surface area contributed by atoms with Gasteiger partial charge in [0.2, 0.25) is 0 Å². The highest BCUT2D eigenvalue weighted by Crippen LogP contribution is 2.33. The largest absolute Gasteiger partial charge is 0.393 e. The van der Waals surface area contributed by atoms with E-state index in [1.165, 1.54) is 40.6 Å². The summed E-state index contributed by atoms with van der Waals surface area (Å²) in [6.07, 6.45) is 5.31. The summed E-state index contributed by atoms with van der Waals surface area (Å²) in [5.74, 6) is 0.447. The molecular formula is C17H23NO. The van der Waals surface area contributed by atoms with Gasteiger partial charge in [0.05, 0.1) is 6.10 Å². The molecular weight excluding hydrogens is 234 g/mol. The Kier molecular flexibility index (Phi) is 3.36. The predicted octanol–water partition coefficient (Wildman–Crippen LogP) is 3.74. The molecule has 2 heteroatoms. The first-order valence-corrected chi connectivity index (χ1v) is 7.47. The number of aromatic amines is 1. The Morgan fingerprint density at radius 1 is 1.32 bits per heavy atom. The molecule has 1 aliphatic rings. The first-order valence-electron chi connectivity index (χ1n) is 7.47. The number of aliphatic hydroxyl groups is 1. The molecule has 1 aromatic carbocycles. The Hall–Kier alpha value is -1.28. The van der Waals surface area contributed by atoms with Gasteiger partial charge in [-0.3, -0.25) is 0 Å². The van der Waals surface area contributed by atoms with Crippen molar-refractivity contribution in [2.75, 3.05) is 0 Å². The van der Waals surface area contributed by atoms with Gasteiger partial charge >= 0.3 is 0 Å². The topological polar surface area (TPSA) is 36.0 Å². The summed E-state index contributed by atoms with van der Waals surface area (Å²) in [5.41, 5.74) is 5.30. The summed E-state index contributed by atoms with van der Waals surface area (Å²) in [5, 5.41) is 11.4. The highest BCUT2D eigenvalue weighted by molar-refractivity contribution is 5.85. The highest BCUT2D eigenvalue weighted by atomic mass is 16.3. The number of benzene rings is 1. The van der Waals surface area contributed by atoms with Crippen LogP contribution in [0.25, 0.3) is 10.9 Å². The second-order valence-corrected chi connectivity index (χ2v) is 5.92. The maximum Gasteiger partial charge on any atom is 0.0571 e. The molecule has 0 bridgehead atoms. The van der Waals surface area contributed by atoms with E-state index in [4.69, 9.17) is 0 Å². The standard InChI is InChI=1S/C17H23NO/c1-3-12-7-8-16-15(9-12)14(11(2)18-16)10-13-5-4-6-17(13)19/h7-9,13,17-19H,3-6,10H2,1-2H3. The van der Waals surface area contributed by atoms with E-state index in [9.17, 15) is 5.11 Å². The second-order valence-electron chi connectivity index (χ2n) is 5.92. The van der Waals surface area contributed by atoms with Crippen molar-refractivity contribution in [2.24, 2.45) is 5.92 Å². The van der Waals surface area contributed by atoms with E-state index < -0.39 is 0 Å². The normalized spacial score (nSPS) is 23.3. The predicted molar refractivity (Wildman–Crippen MR) is 79.5 cm³/mol. The van der Waals surface area contributed by atoms with Crippen LogP contribution in [-0.4, -0.2) is 16.2 Å². The number of H-pyrrole nitrogens is 1. The zero-order chi connectivity index (χ0) is 13.4. The zero-order valence-electron chi connectivity index (χ0n) is 11.9. The summed E-state index contributed by atoms with van der Waals surface area (Å²) in [7, 11) is 0. The van der Waals surface area contributed by atoms with E-state index in [0.717, 1.165) is 19.3 Å². The summed E-state index contributed by atoms with van der Waals surface area (Å²) < 4.78 is 0. The minimum atomic E-state index is -0.0984. The van der Waals surface area contributed by atoms with Gasteiger partial charge in [-0.25, -0.2) is 0 Å². The number of hydrogen-bond donors (Lipinski definition) is 2. The van der Waals surface area contributed by atoms with Crippen molar-refractivity contribution in [2.45, 2.75) is 52.1 Å². The van der Waals surface area contributed by atoms with Crippen molar-refractivity contribution in [3.63, 3.8) is 0 Å². The molecule has 2 atom stereocenters. The van der Waals surface area contributed by atoms with Gasteiger partial charge in [0.15, 0.2) is 0 Å². The van der Waals surface area contributed by atoms with E-state index in [1.54, 1.807) is 0 Å². The van der Waals surface area contributed by atoms with Crippen LogP contribution in [0, 0.1) is 12.8 Å². The molecule has 0 radical (unpaired) electrons. The molecule has 3 rings (SSSR count). The molecule has 1 aliphatic carbocycles. The maximum absolute atomic E-state index is 10.0. The lowest BCUT2D eigenvalue weighted by atomic mass is 9.94. The fourth-order valence-corrected chi connectivity index (χ4v) is 3.43. The van der Waals surface area contributed by atoms with Crippen molar-refractivity contribution in [3.8, 4) is 0 Å². The quantitative estimate of drug-likeness (QED) is 0.863. The smallest absolute Gasteiger partial charge is 0.0571 e. The molecule has 0 saturated heterocycles. The maximum atomic E-state index is 10.0. The van der Waals surface area contributed by atoms with Crippen molar-refractivity contribution in [1.29, 1.82) is 0 Å². The lowest BCUT2D eigenvalue weighted by Crippen LogP contribution is -2.15. The minimum Gasteiger partial charge on any atom is -0.393 e. The van der Waals surface area contributed by atoms with Crippen LogP contribution in [0.2, 0.25) is 0 Å². The highest BCUT2D eigenvalue weighted by Gasteiger charge is 2.26. The Morgan fingerprint density at radius 2 is 2.16 bits per heavy atom. The second kappa shape index (κ2) is 5.01. The zero-order valence-corrected chi connectivity index (χ0v) is 11.9. The van der Waals surface area contributed by atoms with Gasteiger partial charge in [-0.1, -0.05) is 19.4 Å². The summed E-state index contributed by atoms with van der Waals surface area (Å²) in [6, 6.07) is 6.71. The van der Waals surface area contributed by atoms with Crippen LogP contribution in [0.5, 0.6) is 0 Å². The number of aryl methyl sites for hydroxylation is 2. The Labute approximate surface area is 114 Å². The molecule has 1 heterocycles. The van der Waals surface area contributed by atoms with Gasteiger partial charge in [0.1, 0.15) is 0 Å². The SMILES string of the molecule is CCc1ccc2[nH]c(C)c(CC3CCCC3O)c2c1. The third-order valence-electron chi connectivity index (χ3n) is 4.68. The van der Waals surface area contributed by atoms with Crippen LogP contribution >= 0.6 is 0 Å².